The Bertz CT molecular complexity index is 1410. The van der Waals surface area contributed by atoms with Crippen molar-refractivity contribution in [3.63, 3.8) is 0 Å². The highest BCUT2D eigenvalue weighted by Gasteiger charge is 2.45. The molecule has 4 nitrogen and oxygen atoms in total. The predicted octanol–water partition coefficient (Wildman–Crippen LogP) is 12.9. The van der Waals surface area contributed by atoms with Crippen molar-refractivity contribution in [2.24, 2.45) is 11.8 Å². The Morgan fingerprint density at radius 3 is 1.79 bits per heavy atom. The molecule has 4 atom stereocenters. The van der Waals surface area contributed by atoms with Gasteiger partial charge in [-0.05, 0) is 127 Å². The summed E-state index contributed by atoms with van der Waals surface area (Å²) in [7, 11) is 1.25. The molecule has 3 N–H and O–H groups in total. The fraction of sp³-hybridized carbons (Fsp3) is 0.591. The topological polar surface area (TPSA) is 69.9 Å². The maximum Gasteiger partial charge on any atom is 0.127 e. The van der Waals surface area contributed by atoms with Gasteiger partial charge in [-0.1, -0.05) is 89.8 Å². The number of aryl methyl sites for hydroxylation is 2. The molecule has 0 radical (unpaired) electrons. The molecule has 3 aliphatic rings. The molecule has 2 aromatic carbocycles. The number of phenols is 3. The summed E-state index contributed by atoms with van der Waals surface area (Å²) in [5.74, 6) is 2.78. The molecule has 1 aliphatic heterocycles. The van der Waals surface area contributed by atoms with Crippen LogP contribution in [0, 0.1) is 11.8 Å². The van der Waals surface area contributed by atoms with E-state index in [-0.39, 0.29) is 42.3 Å². The molecule has 268 valence electrons. The molecule has 0 unspecified atom stereocenters. The lowest BCUT2D eigenvalue weighted by molar-refractivity contribution is 0.0107. The van der Waals surface area contributed by atoms with E-state index in [2.05, 4.69) is 66.3 Å². The first-order valence-corrected chi connectivity index (χ1v) is 18.0. The van der Waals surface area contributed by atoms with Gasteiger partial charge in [-0.2, -0.15) is 0 Å². The predicted molar refractivity (Wildman–Crippen MR) is 206 cm³/mol. The van der Waals surface area contributed by atoms with Gasteiger partial charge >= 0.3 is 0 Å². The number of aromatic hydroxyl groups is 3. The standard InChI is InChI=1S/2C21H30O2.2CH4/c1-5-6-7-8-15-12-18(22)20-16-11-14(2)9-10-17(16)21(3,4)23-19(20)13-15;1-5-6-7-8-16-12-19(22)21(20(23)13-16)18-11-15(4)9-10-17(18)14(2)3;;/h11-13,16-17,22H,5-10H2,1-4H3;11-13,17-18,22-23H,2,5-10H2,1,3-4H3;2*1H4/t16-,17-;17-,18+;;/m10../s1/i;;1T;. The van der Waals surface area contributed by atoms with Gasteiger partial charge < -0.3 is 20.1 Å². The molecule has 1 heterocycles. The van der Waals surface area contributed by atoms with Crippen LogP contribution in [0.15, 0.2) is 59.7 Å². The van der Waals surface area contributed by atoms with Crippen molar-refractivity contribution < 1.29 is 21.4 Å². The van der Waals surface area contributed by atoms with Gasteiger partial charge in [-0.15, -0.1) is 0 Å². The monoisotopic (exact) mass is 663 g/mol. The number of phenolic OH excluding ortho intramolecular Hbond substituents is 3. The number of rotatable bonds is 10. The molecule has 0 saturated heterocycles. The van der Waals surface area contributed by atoms with Crippen LogP contribution in [0.5, 0.6) is 23.0 Å². The second-order valence-corrected chi connectivity index (χ2v) is 14.9. The highest BCUT2D eigenvalue weighted by atomic mass is 16.5. The molecule has 0 saturated carbocycles. The molecule has 48 heavy (non-hydrogen) atoms. The minimum Gasteiger partial charge on any atom is -0.507 e. The van der Waals surface area contributed by atoms with Gasteiger partial charge in [0.25, 0.3) is 0 Å². The Balaban J connectivity index is 0.000000318. The molecule has 0 fully saturated rings. The van der Waals surface area contributed by atoms with Crippen LogP contribution in [0.4, 0.5) is 0 Å². The maximum absolute atomic E-state index is 10.7. The number of fused-ring (bicyclic) bond motifs is 3. The van der Waals surface area contributed by atoms with Crippen LogP contribution in [0.25, 0.3) is 0 Å². The first kappa shape index (κ1) is 39.3. The summed E-state index contributed by atoms with van der Waals surface area (Å²) in [6.07, 6.45) is 17.9. The van der Waals surface area contributed by atoms with Crippen molar-refractivity contribution in [2.45, 2.75) is 158 Å². The molecule has 4 heteroatoms. The van der Waals surface area contributed by atoms with Gasteiger partial charge in [0, 0.05) is 30.3 Å². The Hall–Kier alpha value is -3.14. The molecule has 0 aromatic heterocycles. The van der Waals surface area contributed by atoms with E-state index in [9.17, 15) is 15.3 Å². The maximum atomic E-state index is 10.7. The molecular formula is C44H68O4. The summed E-state index contributed by atoms with van der Waals surface area (Å²) in [4.78, 5) is 0. The molecule has 2 aliphatic carbocycles. The summed E-state index contributed by atoms with van der Waals surface area (Å²) >= 11 is 0. The average molecular weight is 663 g/mol. The van der Waals surface area contributed by atoms with Crippen LogP contribution in [-0.2, 0) is 12.8 Å². The van der Waals surface area contributed by atoms with E-state index in [0.717, 1.165) is 67.4 Å². The van der Waals surface area contributed by atoms with Crippen LogP contribution in [-0.4, -0.2) is 20.9 Å². The summed E-state index contributed by atoms with van der Waals surface area (Å²) in [6.45, 7) is 19.3. The van der Waals surface area contributed by atoms with Crippen molar-refractivity contribution in [2.75, 3.05) is 0 Å². The highest BCUT2D eigenvalue weighted by molar-refractivity contribution is 5.54. The largest absolute Gasteiger partial charge is 0.507 e. The molecular weight excluding hydrogens is 592 g/mol. The normalized spacial score (nSPS) is 22.3. The molecule has 0 amide bonds. The molecule has 2 aromatic rings. The SMILES string of the molecule is C.C=C(C)[C@@H]1CCC(C)=C[C@H]1c1c(O)cc(CCCCC)cc1O.CCCCCc1cc(O)c2c(c1)OC(C)(C)[C@@H]1CCC(C)=C[C@@H]21.[3H]C. The van der Waals surface area contributed by atoms with E-state index in [4.69, 9.17) is 6.11 Å². The van der Waals surface area contributed by atoms with Crippen molar-refractivity contribution in [1.82, 2.24) is 0 Å². The van der Waals surface area contributed by atoms with Crippen LogP contribution in [0.2, 0.25) is 0 Å². The van der Waals surface area contributed by atoms with E-state index in [1.165, 1.54) is 56.2 Å². The average Bonchev–Trinajstić information content (AvgIpc) is 3.01. The zero-order valence-corrected chi connectivity index (χ0v) is 30.7. The van der Waals surface area contributed by atoms with Crippen LogP contribution in [0.3, 0.4) is 0 Å². The number of allylic oxidation sites excluding steroid dienone is 5. The van der Waals surface area contributed by atoms with E-state index >= 15 is 0 Å². The smallest absolute Gasteiger partial charge is 0.127 e. The third-order valence-corrected chi connectivity index (χ3v) is 10.6. The second-order valence-electron chi connectivity index (χ2n) is 14.9. The van der Waals surface area contributed by atoms with Gasteiger partial charge in [0.1, 0.15) is 28.6 Å². The summed E-state index contributed by atoms with van der Waals surface area (Å²) in [5, 5.41) is 31.8. The highest BCUT2D eigenvalue weighted by Crippen LogP contribution is 2.53. The number of hydrogen-bond donors (Lipinski definition) is 3. The quantitative estimate of drug-likeness (QED) is 0.175. The van der Waals surface area contributed by atoms with Crippen molar-refractivity contribution in [3.05, 3.63) is 82.0 Å². The third-order valence-electron chi connectivity index (χ3n) is 10.6. The summed E-state index contributed by atoms with van der Waals surface area (Å²) in [5.41, 5.74) is 7.57. The van der Waals surface area contributed by atoms with Gasteiger partial charge in [-0.3, -0.25) is 0 Å². The number of benzene rings is 2. The zero-order chi connectivity index (χ0) is 35.6. The lowest BCUT2D eigenvalue weighted by Gasteiger charge is -2.46. The minimum absolute atomic E-state index is 0. The first-order chi connectivity index (χ1) is 22.9. The fourth-order valence-corrected chi connectivity index (χ4v) is 7.95. The van der Waals surface area contributed by atoms with Gasteiger partial charge in [0.2, 0.25) is 0 Å². The minimum atomic E-state index is -0.177. The fourth-order valence-electron chi connectivity index (χ4n) is 7.95. The third kappa shape index (κ3) is 9.73. The number of ether oxygens (including phenoxy) is 1. The van der Waals surface area contributed by atoms with Gasteiger partial charge in [0.05, 0.1) is 0 Å². The van der Waals surface area contributed by atoms with Gasteiger partial charge in [0.15, 0.2) is 0 Å². The van der Waals surface area contributed by atoms with Gasteiger partial charge in [-0.25, -0.2) is 0 Å². The van der Waals surface area contributed by atoms with Crippen LogP contribution in [0.1, 0.15) is 163 Å². The van der Waals surface area contributed by atoms with Crippen molar-refractivity contribution >= 4 is 0 Å². The molecule has 0 spiro atoms. The Kier molecular flexibility index (Phi) is 14.8. The van der Waals surface area contributed by atoms with Crippen molar-refractivity contribution in [3.8, 4) is 23.0 Å². The van der Waals surface area contributed by atoms with Crippen molar-refractivity contribution in [1.29, 1.82) is 0 Å². The second kappa shape index (κ2) is 18.0. The van der Waals surface area contributed by atoms with Crippen LogP contribution >= 0.6 is 0 Å². The summed E-state index contributed by atoms with van der Waals surface area (Å²) in [6, 6.07) is 7.79. The first-order valence-electron chi connectivity index (χ1n) is 19.0. The van der Waals surface area contributed by atoms with E-state index < -0.39 is 0 Å². The Morgan fingerprint density at radius 2 is 1.27 bits per heavy atom. The lowest BCUT2D eigenvalue weighted by atomic mass is 9.68. The van der Waals surface area contributed by atoms with Crippen LogP contribution < -0.4 is 4.74 Å². The number of hydrogen-bond acceptors (Lipinski definition) is 4. The van der Waals surface area contributed by atoms with E-state index in [0.29, 0.717) is 17.2 Å². The lowest BCUT2D eigenvalue weighted by Crippen LogP contribution is -2.45. The van der Waals surface area contributed by atoms with E-state index in [1.807, 2.05) is 25.1 Å². The number of unbranched alkanes of at least 4 members (excludes halogenated alkanes) is 4. The zero-order valence-electron chi connectivity index (χ0n) is 31.7. The Morgan fingerprint density at radius 1 is 0.792 bits per heavy atom. The molecule has 5 rings (SSSR count). The molecule has 0 bridgehead atoms. The van der Waals surface area contributed by atoms with E-state index in [1.54, 1.807) is 0 Å². The summed E-state index contributed by atoms with van der Waals surface area (Å²) < 4.78 is 12.1. The Labute approximate surface area is 295 Å².